The standard InChI is InChI=1S/C27H44N2O4S/c1-6-25(2)13-10-22-21(18-25)8-9-23-26(3,11-7-12-27(22,23)4)20-33-24(30)19-28-14-16-29(17-15-28)34(5,31)32/h6,10,21,23H,1,7-9,11-20H2,2-5H3/t21-,23+,25-,26-,27-/m0/s1. The van der Waals surface area contributed by atoms with E-state index < -0.39 is 10.0 Å². The second-order valence-corrected chi connectivity index (χ2v) is 14.3. The molecule has 1 saturated heterocycles. The monoisotopic (exact) mass is 492 g/mol. The zero-order valence-corrected chi connectivity index (χ0v) is 22.5. The van der Waals surface area contributed by atoms with Gasteiger partial charge in [-0.25, -0.2) is 8.42 Å². The Labute approximate surface area is 206 Å². The fraction of sp³-hybridized carbons (Fsp3) is 0.815. The highest BCUT2D eigenvalue weighted by Gasteiger charge is 2.55. The third-order valence-corrected chi connectivity index (χ3v) is 11.0. The molecule has 0 aromatic carbocycles. The van der Waals surface area contributed by atoms with Gasteiger partial charge in [-0.15, -0.1) is 6.58 Å². The van der Waals surface area contributed by atoms with E-state index in [1.807, 2.05) is 4.90 Å². The predicted octanol–water partition coefficient (Wildman–Crippen LogP) is 4.24. The lowest BCUT2D eigenvalue weighted by Gasteiger charge is -2.59. The van der Waals surface area contributed by atoms with Crippen LogP contribution in [0.15, 0.2) is 24.3 Å². The van der Waals surface area contributed by atoms with Gasteiger partial charge >= 0.3 is 5.97 Å². The van der Waals surface area contributed by atoms with Crippen LogP contribution in [0.5, 0.6) is 0 Å². The zero-order chi connectivity index (χ0) is 24.8. The summed E-state index contributed by atoms with van der Waals surface area (Å²) in [5, 5.41) is 0. The Kier molecular flexibility index (Phi) is 7.13. The van der Waals surface area contributed by atoms with Crippen molar-refractivity contribution in [2.45, 2.75) is 65.7 Å². The van der Waals surface area contributed by atoms with Crippen molar-refractivity contribution in [2.75, 3.05) is 45.6 Å². The first-order valence-electron chi connectivity index (χ1n) is 13.1. The van der Waals surface area contributed by atoms with Crippen LogP contribution in [0.2, 0.25) is 0 Å². The minimum absolute atomic E-state index is 0.00262. The Hall–Kier alpha value is -1.18. The lowest BCUT2D eigenvalue weighted by Crippen LogP contribution is -2.52. The van der Waals surface area contributed by atoms with Gasteiger partial charge in [0.1, 0.15) is 0 Å². The van der Waals surface area contributed by atoms with E-state index >= 15 is 0 Å². The Morgan fingerprint density at radius 3 is 2.53 bits per heavy atom. The third kappa shape index (κ3) is 5.03. The van der Waals surface area contributed by atoms with Crippen LogP contribution in [0.1, 0.15) is 65.7 Å². The fourth-order valence-electron chi connectivity index (χ4n) is 7.61. The first-order chi connectivity index (χ1) is 15.9. The van der Waals surface area contributed by atoms with Gasteiger partial charge in [0.2, 0.25) is 10.0 Å². The van der Waals surface area contributed by atoms with Crippen molar-refractivity contribution in [3.63, 3.8) is 0 Å². The van der Waals surface area contributed by atoms with Crippen molar-refractivity contribution >= 4 is 16.0 Å². The van der Waals surface area contributed by atoms with Crippen LogP contribution in [-0.4, -0.2) is 69.2 Å². The Morgan fingerprint density at radius 1 is 1.18 bits per heavy atom. The first kappa shape index (κ1) is 25.9. The second kappa shape index (κ2) is 9.36. The van der Waals surface area contributed by atoms with Gasteiger partial charge in [0.15, 0.2) is 0 Å². The molecular weight excluding hydrogens is 448 g/mol. The number of hydrogen-bond donors (Lipinski definition) is 0. The number of ether oxygens (including phenoxy) is 1. The maximum atomic E-state index is 12.7. The number of fused-ring (bicyclic) bond motifs is 3. The van der Waals surface area contributed by atoms with Gasteiger partial charge in [-0.3, -0.25) is 9.69 Å². The number of esters is 1. The highest BCUT2D eigenvalue weighted by molar-refractivity contribution is 7.88. The van der Waals surface area contributed by atoms with Gasteiger partial charge in [0, 0.05) is 31.6 Å². The fourth-order valence-corrected chi connectivity index (χ4v) is 8.44. The summed E-state index contributed by atoms with van der Waals surface area (Å²) < 4.78 is 30.8. The molecule has 0 bridgehead atoms. The quantitative estimate of drug-likeness (QED) is 0.410. The summed E-state index contributed by atoms with van der Waals surface area (Å²) in [5.41, 5.74) is 2.09. The highest BCUT2D eigenvalue weighted by Crippen LogP contribution is 2.63. The first-order valence-corrected chi connectivity index (χ1v) is 14.9. The molecule has 4 aliphatic rings. The largest absolute Gasteiger partial charge is 0.464 e. The number of nitrogens with zero attached hydrogens (tertiary/aromatic N) is 2. The number of piperazine rings is 1. The molecule has 0 aromatic rings. The third-order valence-electron chi connectivity index (χ3n) is 9.67. The van der Waals surface area contributed by atoms with E-state index in [1.165, 1.54) is 42.7 Å². The second-order valence-electron chi connectivity index (χ2n) is 12.3. The molecule has 3 aliphatic carbocycles. The van der Waals surface area contributed by atoms with Crippen molar-refractivity contribution in [3.05, 3.63) is 24.3 Å². The van der Waals surface area contributed by atoms with Gasteiger partial charge in [0.05, 0.1) is 19.4 Å². The molecule has 5 atom stereocenters. The summed E-state index contributed by atoms with van der Waals surface area (Å²) >= 11 is 0. The van der Waals surface area contributed by atoms with E-state index in [0.717, 1.165) is 12.8 Å². The molecule has 0 amide bonds. The van der Waals surface area contributed by atoms with Gasteiger partial charge in [-0.05, 0) is 61.2 Å². The minimum atomic E-state index is -3.16. The van der Waals surface area contributed by atoms with Crippen LogP contribution >= 0.6 is 0 Å². The van der Waals surface area contributed by atoms with Crippen molar-refractivity contribution in [1.29, 1.82) is 0 Å². The molecule has 0 aromatic heterocycles. The van der Waals surface area contributed by atoms with E-state index in [9.17, 15) is 13.2 Å². The van der Waals surface area contributed by atoms with Gasteiger partial charge in [0.25, 0.3) is 0 Å². The van der Waals surface area contributed by atoms with E-state index in [2.05, 4.69) is 39.5 Å². The number of hydrogen-bond acceptors (Lipinski definition) is 5. The van der Waals surface area contributed by atoms with Crippen LogP contribution in [-0.2, 0) is 19.6 Å². The lowest BCUT2D eigenvalue weighted by atomic mass is 9.46. The summed E-state index contributed by atoms with van der Waals surface area (Å²) in [6, 6.07) is 0. The van der Waals surface area contributed by atoms with Crippen molar-refractivity contribution in [3.8, 4) is 0 Å². The van der Waals surface area contributed by atoms with Gasteiger partial charge < -0.3 is 4.74 Å². The summed E-state index contributed by atoms with van der Waals surface area (Å²) in [6.07, 6.45) is 14.2. The maximum absolute atomic E-state index is 12.7. The molecule has 34 heavy (non-hydrogen) atoms. The van der Waals surface area contributed by atoms with E-state index in [1.54, 1.807) is 5.57 Å². The number of rotatable bonds is 6. The predicted molar refractivity (Wildman–Crippen MR) is 136 cm³/mol. The summed E-state index contributed by atoms with van der Waals surface area (Å²) in [4.78, 5) is 14.7. The molecule has 0 N–H and O–H groups in total. The number of carbonyl (C=O) groups excluding carboxylic acids is 1. The van der Waals surface area contributed by atoms with E-state index in [-0.39, 0.29) is 28.8 Å². The SMILES string of the molecule is C=C[C@@]1(C)CC=C2[C@@H](CC[C@@H]3[C@](C)(COC(=O)CN4CCN(S(C)(=O)=O)CC4)CCC[C@@]23C)C1. The molecule has 3 fully saturated rings. The molecular formula is C27H44N2O4S. The van der Waals surface area contributed by atoms with Crippen LogP contribution in [0.4, 0.5) is 0 Å². The molecule has 192 valence electrons. The molecule has 0 radical (unpaired) electrons. The highest BCUT2D eigenvalue weighted by atomic mass is 32.2. The normalized spacial score (nSPS) is 39.5. The molecule has 0 unspecified atom stereocenters. The van der Waals surface area contributed by atoms with Crippen LogP contribution in [0, 0.1) is 28.1 Å². The average molecular weight is 493 g/mol. The van der Waals surface area contributed by atoms with Crippen LogP contribution in [0.3, 0.4) is 0 Å². The molecule has 4 rings (SSSR count). The van der Waals surface area contributed by atoms with Crippen molar-refractivity contribution in [1.82, 2.24) is 9.21 Å². The summed E-state index contributed by atoms with van der Waals surface area (Å²) in [5.74, 6) is 1.01. The molecule has 1 heterocycles. The Balaban J connectivity index is 1.37. The van der Waals surface area contributed by atoms with Crippen molar-refractivity contribution < 1.29 is 17.9 Å². The smallest absolute Gasteiger partial charge is 0.320 e. The minimum Gasteiger partial charge on any atom is -0.464 e. The molecule has 0 spiro atoms. The molecule has 7 heteroatoms. The lowest BCUT2D eigenvalue weighted by molar-refractivity contribution is -0.154. The number of sulfonamides is 1. The van der Waals surface area contributed by atoms with E-state index in [0.29, 0.717) is 44.6 Å². The summed E-state index contributed by atoms with van der Waals surface area (Å²) in [6.45, 7) is 14.0. The Bertz CT molecular complexity index is 938. The van der Waals surface area contributed by atoms with Crippen LogP contribution < -0.4 is 0 Å². The van der Waals surface area contributed by atoms with Crippen LogP contribution in [0.25, 0.3) is 0 Å². The van der Waals surface area contributed by atoms with Gasteiger partial charge in [-0.1, -0.05) is 44.9 Å². The number of carbonyl (C=O) groups is 1. The molecule has 2 saturated carbocycles. The average Bonchev–Trinajstić information content (AvgIpc) is 2.77. The number of allylic oxidation sites excluding steroid dienone is 3. The molecule has 1 aliphatic heterocycles. The van der Waals surface area contributed by atoms with E-state index in [4.69, 9.17) is 4.74 Å². The molecule has 6 nitrogen and oxygen atoms in total. The van der Waals surface area contributed by atoms with Crippen molar-refractivity contribution in [2.24, 2.45) is 28.1 Å². The topological polar surface area (TPSA) is 66.9 Å². The summed E-state index contributed by atoms with van der Waals surface area (Å²) in [7, 11) is -3.16. The zero-order valence-electron chi connectivity index (χ0n) is 21.6. The van der Waals surface area contributed by atoms with Gasteiger partial charge in [-0.2, -0.15) is 4.31 Å². The maximum Gasteiger partial charge on any atom is 0.320 e. The Morgan fingerprint density at radius 2 is 1.88 bits per heavy atom.